The number of thioether (sulfide) groups is 1. The van der Waals surface area contributed by atoms with Gasteiger partial charge >= 0.3 is 12.1 Å². The Morgan fingerprint density at radius 3 is 2.24 bits per heavy atom. The van der Waals surface area contributed by atoms with E-state index in [4.69, 9.17) is 9.84 Å². The van der Waals surface area contributed by atoms with Gasteiger partial charge in [-0.3, -0.25) is 9.59 Å². The van der Waals surface area contributed by atoms with E-state index in [1.54, 1.807) is 11.8 Å². The zero-order valence-electron chi connectivity index (χ0n) is 19.7. The number of hydrogen-bond donors (Lipinski definition) is 2. The number of fused-ring (bicyclic) bond motifs is 3. The van der Waals surface area contributed by atoms with E-state index in [1.165, 1.54) is 4.90 Å². The van der Waals surface area contributed by atoms with E-state index in [0.717, 1.165) is 22.3 Å². The van der Waals surface area contributed by atoms with Crippen molar-refractivity contribution >= 4 is 29.7 Å². The van der Waals surface area contributed by atoms with Crippen molar-refractivity contribution in [2.45, 2.75) is 38.1 Å². The van der Waals surface area contributed by atoms with E-state index in [9.17, 15) is 14.4 Å². The van der Waals surface area contributed by atoms with Gasteiger partial charge < -0.3 is 20.1 Å². The predicted octanol–water partition coefficient (Wildman–Crippen LogP) is 4.36. The molecule has 2 amide bonds. The molecule has 0 saturated heterocycles. The van der Waals surface area contributed by atoms with Crippen LogP contribution in [0.15, 0.2) is 48.5 Å². The van der Waals surface area contributed by atoms with Crippen molar-refractivity contribution in [1.82, 2.24) is 10.2 Å². The average molecular weight is 485 g/mol. The van der Waals surface area contributed by atoms with Crippen LogP contribution in [0.3, 0.4) is 0 Å². The second-order valence-electron chi connectivity index (χ2n) is 8.27. The number of hydrogen-bond acceptors (Lipinski definition) is 5. The van der Waals surface area contributed by atoms with E-state index in [0.29, 0.717) is 25.1 Å². The van der Waals surface area contributed by atoms with Crippen LogP contribution >= 0.6 is 11.8 Å². The molecule has 0 fully saturated rings. The number of amides is 2. The van der Waals surface area contributed by atoms with Crippen LogP contribution in [0, 0.1) is 0 Å². The van der Waals surface area contributed by atoms with Gasteiger partial charge in [0.1, 0.15) is 12.6 Å². The first kappa shape index (κ1) is 25.6. The van der Waals surface area contributed by atoms with Crippen molar-refractivity contribution in [2.24, 2.45) is 0 Å². The Morgan fingerprint density at radius 2 is 1.68 bits per heavy atom. The largest absolute Gasteiger partial charge is 0.481 e. The number of carbonyl (C=O) groups excluding carboxylic acids is 2. The van der Waals surface area contributed by atoms with Gasteiger partial charge in [0.15, 0.2) is 0 Å². The standard InChI is InChI=1S/C26H32N2O5S/c1-3-14-28(15-12-24(29)30)25(31)23(13-16-34-2)27-26(32)33-17-22-20-10-6-4-8-18(20)19-9-5-7-11-21(19)22/h4-11,22-23H,3,12-17H2,1-2H3,(H,27,32)(H,29,30)/t23-/m0/s1. The maximum absolute atomic E-state index is 13.1. The maximum atomic E-state index is 13.1. The number of nitrogens with one attached hydrogen (secondary N) is 1. The molecule has 0 aliphatic heterocycles. The summed E-state index contributed by atoms with van der Waals surface area (Å²) in [6.07, 6.45) is 2.30. The second kappa shape index (κ2) is 12.5. The lowest BCUT2D eigenvalue weighted by atomic mass is 9.98. The molecule has 1 aliphatic carbocycles. The normalized spacial score (nSPS) is 13.0. The molecule has 0 bridgehead atoms. The summed E-state index contributed by atoms with van der Waals surface area (Å²) in [5.41, 5.74) is 4.53. The molecule has 0 unspecified atom stereocenters. The van der Waals surface area contributed by atoms with Gasteiger partial charge in [0.25, 0.3) is 0 Å². The van der Waals surface area contributed by atoms with E-state index < -0.39 is 18.1 Å². The smallest absolute Gasteiger partial charge is 0.407 e. The molecule has 0 spiro atoms. The quantitative estimate of drug-likeness (QED) is 0.465. The highest BCUT2D eigenvalue weighted by Crippen LogP contribution is 2.44. The minimum Gasteiger partial charge on any atom is -0.481 e. The van der Waals surface area contributed by atoms with Crippen molar-refractivity contribution in [1.29, 1.82) is 0 Å². The highest BCUT2D eigenvalue weighted by atomic mass is 32.2. The van der Waals surface area contributed by atoms with Gasteiger partial charge in [-0.1, -0.05) is 55.5 Å². The van der Waals surface area contributed by atoms with E-state index in [1.807, 2.05) is 37.4 Å². The van der Waals surface area contributed by atoms with Crippen LogP contribution in [0.1, 0.15) is 43.2 Å². The first-order valence-electron chi connectivity index (χ1n) is 11.6. The number of aliphatic carboxylic acids is 1. The summed E-state index contributed by atoms with van der Waals surface area (Å²) in [6.45, 7) is 2.65. The number of nitrogens with zero attached hydrogens (tertiary/aromatic N) is 1. The predicted molar refractivity (Wildman–Crippen MR) is 134 cm³/mol. The Bertz CT molecular complexity index is 967. The fourth-order valence-corrected chi connectivity index (χ4v) is 4.80. The first-order chi connectivity index (χ1) is 16.5. The summed E-state index contributed by atoms with van der Waals surface area (Å²) in [5.74, 6) is -0.616. The summed E-state index contributed by atoms with van der Waals surface area (Å²) in [6, 6.07) is 15.5. The Labute approximate surface area is 204 Å². The van der Waals surface area contributed by atoms with Gasteiger partial charge in [-0.05, 0) is 47.1 Å². The molecule has 34 heavy (non-hydrogen) atoms. The molecular weight excluding hydrogens is 452 g/mol. The molecule has 2 aromatic rings. The van der Waals surface area contributed by atoms with Gasteiger partial charge in [0.05, 0.1) is 6.42 Å². The Morgan fingerprint density at radius 1 is 1.06 bits per heavy atom. The number of carboxylic acids is 1. The molecular formula is C26H32N2O5S. The second-order valence-corrected chi connectivity index (χ2v) is 9.26. The molecule has 2 N–H and O–H groups in total. The Balaban J connectivity index is 1.67. The van der Waals surface area contributed by atoms with Crippen molar-refractivity contribution in [2.75, 3.05) is 31.7 Å². The SMILES string of the molecule is CCCN(CCC(=O)O)C(=O)[C@H](CCSC)NC(=O)OCC1c2ccccc2-c2ccccc21. The van der Waals surface area contributed by atoms with E-state index >= 15 is 0 Å². The van der Waals surface area contributed by atoms with Crippen LogP contribution in [-0.4, -0.2) is 65.7 Å². The molecule has 3 rings (SSSR count). The third-order valence-electron chi connectivity index (χ3n) is 5.95. The molecule has 0 aromatic heterocycles. The number of rotatable bonds is 12. The lowest BCUT2D eigenvalue weighted by Gasteiger charge is -2.27. The molecule has 0 heterocycles. The van der Waals surface area contributed by atoms with Crippen molar-refractivity contribution in [3.63, 3.8) is 0 Å². The van der Waals surface area contributed by atoms with Gasteiger partial charge in [0, 0.05) is 19.0 Å². The van der Waals surface area contributed by atoms with Crippen LogP contribution in [0.4, 0.5) is 4.79 Å². The van der Waals surface area contributed by atoms with Crippen LogP contribution < -0.4 is 5.32 Å². The summed E-state index contributed by atoms with van der Waals surface area (Å²) in [4.78, 5) is 38.4. The highest BCUT2D eigenvalue weighted by molar-refractivity contribution is 7.98. The van der Waals surface area contributed by atoms with Crippen LogP contribution in [0.2, 0.25) is 0 Å². The fourth-order valence-electron chi connectivity index (χ4n) is 4.33. The molecule has 1 aliphatic rings. The molecule has 2 aromatic carbocycles. The average Bonchev–Trinajstić information content (AvgIpc) is 3.16. The maximum Gasteiger partial charge on any atom is 0.407 e. The van der Waals surface area contributed by atoms with Gasteiger partial charge in [0.2, 0.25) is 5.91 Å². The molecule has 7 nitrogen and oxygen atoms in total. The summed E-state index contributed by atoms with van der Waals surface area (Å²) in [5, 5.41) is 11.8. The number of alkyl carbamates (subject to hydrolysis) is 1. The minimum atomic E-state index is -0.959. The molecule has 0 saturated carbocycles. The van der Waals surface area contributed by atoms with Gasteiger partial charge in [-0.15, -0.1) is 0 Å². The number of benzene rings is 2. The van der Waals surface area contributed by atoms with Crippen LogP contribution in [0.25, 0.3) is 11.1 Å². The molecule has 0 radical (unpaired) electrons. The topological polar surface area (TPSA) is 95.9 Å². The first-order valence-corrected chi connectivity index (χ1v) is 13.0. The Hall–Kier alpha value is -3.00. The lowest BCUT2D eigenvalue weighted by molar-refractivity contribution is -0.139. The minimum absolute atomic E-state index is 0.0642. The van der Waals surface area contributed by atoms with Crippen molar-refractivity contribution in [3.05, 3.63) is 59.7 Å². The number of ether oxygens (including phenoxy) is 1. The third-order valence-corrected chi connectivity index (χ3v) is 6.59. The van der Waals surface area contributed by atoms with Crippen molar-refractivity contribution in [3.8, 4) is 11.1 Å². The lowest BCUT2D eigenvalue weighted by Crippen LogP contribution is -2.49. The van der Waals surface area contributed by atoms with E-state index in [2.05, 4.69) is 29.6 Å². The number of carboxylic acid groups (broad SMARTS) is 1. The summed E-state index contributed by atoms with van der Waals surface area (Å²) in [7, 11) is 0. The monoisotopic (exact) mass is 484 g/mol. The van der Waals surface area contributed by atoms with Crippen molar-refractivity contribution < 1.29 is 24.2 Å². The Kier molecular flexibility index (Phi) is 9.39. The molecule has 182 valence electrons. The van der Waals surface area contributed by atoms with Crippen LogP contribution in [-0.2, 0) is 14.3 Å². The van der Waals surface area contributed by atoms with Gasteiger partial charge in [-0.2, -0.15) is 11.8 Å². The van der Waals surface area contributed by atoms with Gasteiger partial charge in [-0.25, -0.2) is 4.79 Å². The number of carbonyl (C=O) groups is 3. The zero-order chi connectivity index (χ0) is 24.5. The summed E-state index contributed by atoms with van der Waals surface area (Å²) < 4.78 is 5.62. The third kappa shape index (κ3) is 6.32. The molecule has 1 atom stereocenters. The molecule has 8 heteroatoms. The summed E-state index contributed by atoms with van der Waals surface area (Å²) >= 11 is 1.58. The fraction of sp³-hybridized carbons (Fsp3) is 0.423. The van der Waals surface area contributed by atoms with E-state index in [-0.39, 0.29) is 31.4 Å². The zero-order valence-corrected chi connectivity index (χ0v) is 20.5. The highest BCUT2D eigenvalue weighted by Gasteiger charge is 2.30. The van der Waals surface area contributed by atoms with Crippen LogP contribution in [0.5, 0.6) is 0 Å².